The zero-order chi connectivity index (χ0) is 18.9. The molecule has 0 spiro atoms. The molecule has 0 aliphatic carbocycles. The van der Waals surface area contributed by atoms with Gasteiger partial charge in [0, 0.05) is 33.0 Å². The maximum atomic E-state index is 5.76. The summed E-state index contributed by atoms with van der Waals surface area (Å²) in [6, 6.07) is 15.8. The highest BCUT2D eigenvalue weighted by molar-refractivity contribution is 5.79. The summed E-state index contributed by atoms with van der Waals surface area (Å²) >= 11 is 0. The Hall–Kier alpha value is -3.35. The minimum absolute atomic E-state index is 0.461. The van der Waals surface area contributed by atoms with E-state index in [1.54, 1.807) is 19.4 Å². The van der Waals surface area contributed by atoms with E-state index >= 15 is 0 Å². The lowest BCUT2D eigenvalue weighted by molar-refractivity contribution is 0.301. The lowest BCUT2D eigenvalue weighted by Crippen LogP contribution is -2.36. The van der Waals surface area contributed by atoms with Gasteiger partial charge in [0.15, 0.2) is 5.96 Å². The number of pyridine rings is 1. The van der Waals surface area contributed by atoms with Crippen molar-refractivity contribution in [2.24, 2.45) is 12.0 Å². The Labute approximate surface area is 159 Å². The van der Waals surface area contributed by atoms with Gasteiger partial charge in [-0.25, -0.2) is 0 Å². The number of aliphatic imine (C=N–C) groups is 1. The molecule has 2 N–H and O–H groups in total. The second kappa shape index (κ2) is 9.38. The molecule has 0 atom stereocenters. The number of guanidine groups is 1. The molecule has 7 nitrogen and oxygen atoms in total. The molecule has 140 valence electrons. The Morgan fingerprint density at radius 2 is 1.85 bits per heavy atom. The van der Waals surface area contributed by atoms with E-state index < -0.39 is 0 Å². The zero-order valence-electron chi connectivity index (χ0n) is 15.6. The number of aromatic nitrogens is 3. The number of aryl methyl sites for hydroxylation is 1. The van der Waals surface area contributed by atoms with Gasteiger partial charge < -0.3 is 15.4 Å². The molecular formula is C20H24N6O. The highest BCUT2D eigenvalue weighted by Gasteiger charge is 2.02. The molecule has 0 aliphatic rings. The monoisotopic (exact) mass is 364 g/mol. The van der Waals surface area contributed by atoms with Crippen LogP contribution in [0.2, 0.25) is 0 Å². The van der Waals surface area contributed by atoms with Gasteiger partial charge in [0.2, 0.25) is 0 Å². The van der Waals surface area contributed by atoms with Gasteiger partial charge in [0.05, 0.1) is 17.9 Å². The van der Waals surface area contributed by atoms with E-state index in [4.69, 9.17) is 4.74 Å². The maximum absolute atomic E-state index is 5.76. The zero-order valence-corrected chi connectivity index (χ0v) is 15.6. The van der Waals surface area contributed by atoms with E-state index in [-0.39, 0.29) is 0 Å². The van der Waals surface area contributed by atoms with E-state index in [0.717, 1.165) is 28.7 Å². The number of benzene rings is 1. The number of hydrogen-bond donors (Lipinski definition) is 2. The second-order valence-electron chi connectivity index (χ2n) is 5.98. The summed E-state index contributed by atoms with van der Waals surface area (Å²) < 4.78 is 7.59. The third-order valence-corrected chi connectivity index (χ3v) is 4.08. The van der Waals surface area contributed by atoms with E-state index in [1.807, 2.05) is 60.3 Å². The fraction of sp³-hybridized carbons (Fsp3) is 0.250. The van der Waals surface area contributed by atoms with E-state index in [9.17, 15) is 0 Å². The Bertz CT molecular complexity index is 858. The van der Waals surface area contributed by atoms with Crippen LogP contribution in [0.4, 0.5) is 0 Å². The smallest absolute Gasteiger partial charge is 0.191 e. The Morgan fingerprint density at radius 3 is 2.52 bits per heavy atom. The summed E-state index contributed by atoms with van der Waals surface area (Å²) in [6.45, 7) is 1.80. The van der Waals surface area contributed by atoms with Crippen LogP contribution in [0.5, 0.6) is 5.75 Å². The van der Waals surface area contributed by atoms with E-state index in [0.29, 0.717) is 19.7 Å². The Balaban J connectivity index is 1.45. The van der Waals surface area contributed by atoms with Crippen molar-refractivity contribution in [1.29, 1.82) is 0 Å². The molecule has 27 heavy (non-hydrogen) atoms. The SMILES string of the molecule is CN=C(NCc1ccc(OCc2ccccn2)cc1)NCc1ccnn1C. The number of ether oxygens (including phenoxy) is 1. The van der Waals surface area contributed by atoms with Crippen LogP contribution in [0.25, 0.3) is 0 Å². The quantitative estimate of drug-likeness (QED) is 0.497. The summed E-state index contributed by atoms with van der Waals surface area (Å²) in [5.41, 5.74) is 3.14. The summed E-state index contributed by atoms with van der Waals surface area (Å²) in [5, 5.41) is 10.7. The largest absolute Gasteiger partial charge is 0.487 e. The van der Waals surface area contributed by atoms with Gasteiger partial charge in [-0.1, -0.05) is 18.2 Å². The molecule has 0 radical (unpaired) electrons. The lowest BCUT2D eigenvalue weighted by atomic mass is 10.2. The van der Waals surface area contributed by atoms with Gasteiger partial charge in [-0.3, -0.25) is 14.7 Å². The van der Waals surface area contributed by atoms with Crippen LogP contribution >= 0.6 is 0 Å². The summed E-state index contributed by atoms with van der Waals surface area (Å²) in [7, 11) is 3.68. The van der Waals surface area contributed by atoms with Crippen molar-refractivity contribution in [2.75, 3.05) is 7.05 Å². The molecule has 7 heteroatoms. The minimum Gasteiger partial charge on any atom is -0.487 e. The molecule has 2 aromatic heterocycles. The molecule has 0 saturated heterocycles. The molecule has 0 saturated carbocycles. The molecule has 0 unspecified atom stereocenters. The predicted octanol–water partition coefficient (Wildman–Crippen LogP) is 2.26. The Kier molecular flexibility index (Phi) is 6.40. The topological polar surface area (TPSA) is 76.4 Å². The first kappa shape index (κ1) is 18.4. The summed E-state index contributed by atoms with van der Waals surface area (Å²) in [6.07, 6.45) is 3.55. The highest BCUT2D eigenvalue weighted by Crippen LogP contribution is 2.13. The van der Waals surface area contributed by atoms with Crippen LogP contribution in [0, 0.1) is 0 Å². The summed E-state index contributed by atoms with van der Waals surface area (Å²) in [5.74, 6) is 1.56. The number of nitrogens with one attached hydrogen (secondary N) is 2. The van der Waals surface area contributed by atoms with Gasteiger partial charge in [0.25, 0.3) is 0 Å². The average Bonchev–Trinajstić information content (AvgIpc) is 3.13. The second-order valence-corrected chi connectivity index (χ2v) is 5.98. The molecular weight excluding hydrogens is 340 g/mol. The normalized spacial score (nSPS) is 11.3. The van der Waals surface area contributed by atoms with Crippen molar-refractivity contribution < 1.29 is 4.74 Å². The standard InChI is InChI=1S/C20H24N6O/c1-21-20(24-14-18-10-12-25-26(18)2)23-13-16-6-8-19(9-7-16)27-15-17-5-3-4-11-22-17/h3-12H,13-15H2,1-2H3,(H2,21,23,24). The third-order valence-electron chi connectivity index (χ3n) is 4.08. The van der Waals surface area contributed by atoms with Crippen LogP contribution in [-0.2, 0) is 26.7 Å². The van der Waals surface area contributed by atoms with Crippen molar-refractivity contribution in [1.82, 2.24) is 25.4 Å². The Morgan fingerprint density at radius 1 is 1.04 bits per heavy atom. The molecule has 0 aliphatic heterocycles. The van der Waals surface area contributed by atoms with Crippen LogP contribution in [0.3, 0.4) is 0 Å². The highest BCUT2D eigenvalue weighted by atomic mass is 16.5. The van der Waals surface area contributed by atoms with Crippen molar-refractivity contribution in [3.05, 3.63) is 77.9 Å². The number of nitrogens with zero attached hydrogens (tertiary/aromatic N) is 4. The lowest BCUT2D eigenvalue weighted by Gasteiger charge is -2.12. The molecule has 0 bridgehead atoms. The first-order chi connectivity index (χ1) is 13.2. The van der Waals surface area contributed by atoms with Crippen LogP contribution in [0.1, 0.15) is 17.0 Å². The molecule has 3 aromatic rings. The van der Waals surface area contributed by atoms with Crippen LogP contribution < -0.4 is 15.4 Å². The molecule has 2 heterocycles. The molecule has 1 aromatic carbocycles. The molecule has 0 amide bonds. The molecule has 3 rings (SSSR count). The summed E-state index contributed by atoms with van der Waals surface area (Å²) in [4.78, 5) is 8.50. The number of rotatable bonds is 7. The van der Waals surface area contributed by atoms with Crippen molar-refractivity contribution in [2.45, 2.75) is 19.7 Å². The van der Waals surface area contributed by atoms with Crippen LogP contribution in [0.15, 0.2) is 65.9 Å². The fourth-order valence-corrected chi connectivity index (χ4v) is 2.50. The maximum Gasteiger partial charge on any atom is 0.191 e. The predicted molar refractivity (Wildman–Crippen MR) is 105 cm³/mol. The van der Waals surface area contributed by atoms with Gasteiger partial charge >= 0.3 is 0 Å². The average molecular weight is 364 g/mol. The van der Waals surface area contributed by atoms with Gasteiger partial charge in [0.1, 0.15) is 12.4 Å². The van der Waals surface area contributed by atoms with Crippen LogP contribution in [-0.4, -0.2) is 27.8 Å². The third kappa shape index (κ3) is 5.57. The van der Waals surface area contributed by atoms with Crippen molar-refractivity contribution in [3.8, 4) is 5.75 Å². The fourth-order valence-electron chi connectivity index (χ4n) is 2.50. The van der Waals surface area contributed by atoms with Gasteiger partial charge in [-0.05, 0) is 35.9 Å². The first-order valence-corrected chi connectivity index (χ1v) is 8.77. The first-order valence-electron chi connectivity index (χ1n) is 8.77. The van der Waals surface area contributed by atoms with Crippen molar-refractivity contribution in [3.63, 3.8) is 0 Å². The van der Waals surface area contributed by atoms with E-state index in [2.05, 4.69) is 25.7 Å². The number of hydrogen-bond acceptors (Lipinski definition) is 4. The minimum atomic E-state index is 0.461. The molecule has 0 fully saturated rings. The van der Waals surface area contributed by atoms with E-state index in [1.165, 1.54) is 0 Å². The van der Waals surface area contributed by atoms with Gasteiger partial charge in [-0.15, -0.1) is 0 Å². The van der Waals surface area contributed by atoms with Gasteiger partial charge in [-0.2, -0.15) is 5.10 Å². The van der Waals surface area contributed by atoms with Crippen molar-refractivity contribution >= 4 is 5.96 Å².